The van der Waals surface area contributed by atoms with Gasteiger partial charge in [-0.25, -0.2) is 4.39 Å². The van der Waals surface area contributed by atoms with E-state index in [0.29, 0.717) is 17.9 Å². The molecule has 0 aliphatic carbocycles. The SMILES string of the molecule is Cc1nn(C)c(COc2ccc(F)cc2CCl)c1Br. The lowest BCUT2D eigenvalue weighted by atomic mass is 10.2. The van der Waals surface area contributed by atoms with E-state index in [9.17, 15) is 4.39 Å². The number of aryl methyl sites for hydroxylation is 2. The molecule has 0 aliphatic heterocycles. The molecule has 2 aromatic rings. The molecule has 0 fully saturated rings. The molecule has 1 aromatic carbocycles. The highest BCUT2D eigenvalue weighted by molar-refractivity contribution is 9.10. The molecular formula is C13H13BrClFN2O. The normalized spacial score (nSPS) is 10.8. The van der Waals surface area contributed by atoms with Crippen molar-refractivity contribution in [1.82, 2.24) is 9.78 Å². The van der Waals surface area contributed by atoms with Crippen LogP contribution in [0.25, 0.3) is 0 Å². The second kappa shape index (κ2) is 5.92. The first-order valence-electron chi connectivity index (χ1n) is 5.68. The van der Waals surface area contributed by atoms with E-state index in [0.717, 1.165) is 15.9 Å². The van der Waals surface area contributed by atoms with E-state index in [2.05, 4.69) is 21.0 Å². The fourth-order valence-electron chi connectivity index (χ4n) is 1.78. The zero-order valence-corrected chi connectivity index (χ0v) is 12.9. The predicted octanol–water partition coefficient (Wildman–Crippen LogP) is 3.95. The first-order chi connectivity index (χ1) is 9.02. The number of halogens is 3. The van der Waals surface area contributed by atoms with Gasteiger partial charge in [0.25, 0.3) is 0 Å². The van der Waals surface area contributed by atoms with Crippen LogP contribution in [0.15, 0.2) is 22.7 Å². The average molecular weight is 348 g/mol. The summed E-state index contributed by atoms with van der Waals surface area (Å²) in [4.78, 5) is 0. The van der Waals surface area contributed by atoms with Gasteiger partial charge in [-0.05, 0) is 41.1 Å². The van der Waals surface area contributed by atoms with Crippen molar-refractivity contribution in [3.8, 4) is 5.75 Å². The molecule has 102 valence electrons. The highest BCUT2D eigenvalue weighted by atomic mass is 79.9. The molecule has 0 amide bonds. The number of ether oxygens (including phenoxy) is 1. The molecule has 0 radical (unpaired) electrons. The third-order valence-corrected chi connectivity index (χ3v) is 4.11. The summed E-state index contributed by atoms with van der Waals surface area (Å²) in [5.41, 5.74) is 2.46. The number of hydrogen-bond acceptors (Lipinski definition) is 2. The van der Waals surface area contributed by atoms with Crippen LogP contribution < -0.4 is 4.74 Å². The van der Waals surface area contributed by atoms with Gasteiger partial charge in [-0.15, -0.1) is 11.6 Å². The molecule has 0 aliphatic rings. The molecule has 0 saturated carbocycles. The molecule has 19 heavy (non-hydrogen) atoms. The van der Waals surface area contributed by atoms with E-state index in [4.69, 9.17) is 16.3 Å². The van der Waals surface area contributed by atoms with Crippen molar-refractivity contribution in [2.75, 3.05) is 0 Å². The summed E-state index contributed by atoms with van der Waals surface area (Å²) >= 11 is 9.25. The van der Waals surface area contributed by atoms with Crippen LogP contribution >= 0.6 is 27.5 Å². The number of benzene rings is 1. The highest BCUT2D eigenvalue weighted by Gasteiger charge is 2.12. The van der Waals surface area contributed by atoms with Crippen LogP contribution in [0.4, 0.5) is 4.39 Å². The van der Waals surface area contributed by atoms with Crippen LogP contribution in [0, 0.1) is 12.7 Å². The third-order valence-electron chi connectivity index (χ3n) is 2.79. The van der Waals surface area contributed by atoms with Gasteiger partial charge in [0.1, 0.15) is 18.2 Å². The fourth-order valence-corrected chi connectivity index (χ4v) is 2.44. The number of aromatic nitrogens is 2. The Kier molecular flexibility index (Phi) is 4.47. The van der Waals surface area contributed by atoms with E-state index >= 15 is 0 Å². The summed E-state index contributed by atoms with van der Waals surface area (Å²) in [7, 11) is 1.85. The summed E-state index contributed by atoms with van der Waals surface area (Å²) in [6, 6.07) is 4.32. The zero-order valence-electron chi connectivity index (χ0n) is 10.6. The van der Waals surface area contributed by atoms with Gasteiger partial charge >= 0.3 is 0 Å². The maximum atomic E-state index is 13.1. The molecule has 0 saturated heterocycles. The quantitative estimate of drug-likeness (QED) is 0.783. The average Bonchev–Trinajstić information content (AvgIpc) is 2.62. The Hall–Kier alpha value is -1.07. The van der Waals surface area contributed by atoms with Gasteiger partial charge in [0.05, 0.1) is 21.7 Å². The Bertz CT molecular complexity index is 601. The first kappa shape index (κ1) is 14.3. The van der Waals surface area contributed by atoms with E-state index in [1.165, 1.54) is 12.1 Å². The molecule has 0 atom stereocenters. The molecule has 0 spiro atoms. The third kappa shape index (κ3) is 3.09. The van der Waals surface area contributed by atoms with Gasteiger partial charge in [-0.2, -0.15) is 5.10 Å². The molecule has 0 bridgehead atoms. The molecule has 6 heteroatoms. The summed E-state index contributed by atoms with van der Waals surface area (Å²) in [5, 5.41) is 4.28. The van der Waals surface area contributed by atoms with Crippen LogP contribution in [0.5, 0.6) is 5.75 Å². The lowest BCUT2D eigenvalue weighted by Gasteiger charge is -2.10. The maximum absolute atomic E-state index is 13.1. The van der Waals surface area contributed by atoms with Crippen LogP contribution in [-0.4, -0.2) is 9.78 Å². The second-order valence-corrected chi connectivity index (χ2v) is 5.20. The van der Waals surface area contributed by atoms with E-state index in [1.54, 1.807) is 10.7 Å². The summed E-state index contributed by atoms with van der Waals surface area (Å²) in [6.45, 7) is 2.25. The van der Waals surface area contributed by atoms with Crippen molar-refractivity contribution in [2.24, 2.45) is 7.05 Å². The van der Waals surface area contributed by atoms with Crippen LogP contribution in [0.3, 0.4) is 0 Å². The zero-order chi connectivity index (χ0) is 14.0. The Morgan fingerprint density at radius 2 is 2.21 bits per heavy atom. The van der Waals surface area contributed by atoms with E-state index in [1.807, 2.05) is 14.0 Å². The van der Waals surface area contributed by atoms with E-state index in [-0.39, 0.29) is 11.7 Å². The van der Waals surface area contributed by atoms with Gasteiger partial charge < -0.3 is 4.74 Å². The molecule has 3 nitrogen and oxygen atoms in total. The monoisotopic (exact) mass is 346 g/mol. The summed E-state index contributed by atoms with van der Waals surface area (Å²) in [6.07, 6.45) is 0. The molecule has 0 N–H and O–H groups in total. The largest absolute Gasteiger partial charge is 0.487 e. The topological polar surface area (TPSA) is 27.1 Å². The minimum Gasteiger partial charge on any atom is -0.487 e. The van der Waals surface area contributed by atoms with E-state index < -0.39 is 0 Å². The van der Waals surface area contributed by atoms with Gasteiger partial charge in [0, 0.05) is 12.6 Å². The lowest BCUT2D eigenvalue weighted by molar-refractivity contribution is 0.291. The predicted molar refractivity (Wildman–Crippen MR) is 75.9 cm³/mol. The molecule has 1 aromatic heterocycles. The molecule has 0 unspecified atom stereocenters. The van der Waals surface area contributed by atoms with Crippen molar-refractivity contribution in [3.63, 3.8) is 0 Å². The van der Waals surface area contributed by atoms with Crippen molar-refractivity contribution >= 4 is 27.5 Å². The highest BCUT2D eigenvalue weighted by Crippen LogP contribution is 2.25. The standard InChI is InChI=1S/C13H13BrClFN2O/c1-8-13(14)11(18(2)17-8)7-19-12-4-3-10(16)5-9(12)6-15/h3-5H,6-7H2,1-2H3. The smallest absolute Gasteiger partial charge is 0.131 e. The summed E-state index contributed by atoms with van der Waals surface area (Å²) < 4.78 is 21.5. The first-order valence-corrected chi connectivity index (χ1v) is 7.01. The Morgan fingerprint density at radius 1 is 1.47 bits per heavy atom. The number of nitrogens with zero attached hydrogens (tertiary/aromatic N) is 2. The van der Waals surface area contributed by atoms with Crippen molar-refractivity contribution < 1.29 is 9.13 Å². The van der Waals surface area contributed by atoms with Crippen molar-refractivity contribution in [2.45, 2.75) is 19.4 Å². The fraction of sp³-hybridized carbons (Fsp3) is 0.308. The molecular weight excluding hydrogens is 335 g/mol. The van der Waals surface area contributed by atoms with Gasteiger partial charge in [0.2, 0.25) is 0 Å². The van der Waals surface area contributed by atoms with Gasteiger partial charge in [0.15, 0.2) is 0 Å². The van der Waals surface area contributed by atoms with Crippen LogP contribution in [0.2, 0.25) is 0 Å². The van der Waals surface area contributed by atoms with Crippen molar-refractivity contribution in [3.05, 3.63) is 45.4 Å². The van der Waals surface area contributed by atoms with Crippen LogP contribution in [0.1, 0.15) is 17.0 Å². The Morgan fingerprint density at radius 3 is 2.79 bits per heavy atom. The summed E-state index contributed by atoms with van der Waals surface area (Å²) in [5.74, 6) is 0.473. The molecule has 1 heterocycles. The minimum atomic E-state index is -0.319. The van der Waals surface area contributed by atoms with Crippen molar-refractivity contribution in [1.29, 1.82) is 0 Å². The second-order valence-electron chi connectivity index (χ2n) is 4.14. The Labute approximate surface area is 124 Å². The molecule has 2 rings (SSSR count). The van der Waals surface area contributed by atoms with Crippen LogP contribution in [-0.2, 0) is 19.5 Å². The maximum Gasteiger partial charge on any atom is 0.131 e. The minimum absolute atomic E-state index is 0.207. The number of hydrogen-bond donors (Lipinski definition) is 0. The van der Waals surface area contributed by atoms with Gasteiger partial charge in [-0.3, -0.25) is 4.68 Å². The number of alkyl halides is 1. The Balaban J connectivity index is 2.19. The lowest BCUT2D eigenvalue weighted by Crippen LogP contribution is -2.04. The van der Waals surface area contributed by atoms with Gasteiger partial charge in [-0.1, -0.05) is 0 Å². The number of rotatable bonds is 4.